The van der Waals surface area contributed by atoms with Gasteiger partial charge in [0.15, 0.2) is 0 Å². The molecule has 3 nitrogen and oxygen atoms in total. The average Bonchev–Trinajstić information content (AvgIpc) is 2.54. The van der Waals surface area contributed by atoms with Gasteiger partial charge in [0.05, 0.1) is 0 Å². The Balaban J connectivity index is 1.87. The Bertz CT molecular complexity index is 774. The van der Waals surface area contributed by atoms with Crippen molar-refractivity contribution in [1.29, 1.82) is 0 Å². The Kier molecular flexibility index (Phi) is 5.56. The Morgan fingerprint density at radius 2 is 1.96 bits per heavy atom. The van der Waals surface area contributed by atoms with Crippen molar-refractivity contribution in [2.75, 3.05) is 6.54 Å². The fraction of sp³-hybridized carbons (Fsp3) is 0.250. The molecule has 0 amide bonds. The molecule has 2 rings (SSSR count). The number of fused-ring (bicyclic) bond motifs is 1. The molecule has 23 heavy (non-hydrogen) atoms. The van der Waals surface area contributed by atoms with Crippen LogP contribution in [0.3, 0.4) is 0 Å². The molecule has 0 aliphatic heterocycles. The zero-order valence-electron chi connectivity index (χ0n) is 13.5. The van der Waals surface area contributed by atoms with Crippen LogP contribution in [-0.2, 0) is 11.3 Å². The molecule has 3 heteroatoms. The van der Waals surface area contributed by atoms with Crippen LogP contribution in [-0.4, -0.2) is 17.6 Å². The first-order valence-corrected chi connectivity index (χ1v) is 7.59. The van der Waals surface area contributed by atoms with E-state index in [4.69, 9.17) is 5.11 Å². The van der Waals surface area contributed by atoms with Gasteiger partial charge >= 0.3 is 5.97 Å². The van der Waals surface area contributed by atoms with Crippen molar-refractivity contribution in [2.45, 2.75) is 20.4 Å². The zero-order valence-corrected chi connectivity index (χ0v) is 13.5. The number of benzene rings is 2. The quantitative estimate of drug-likeness (QED) is 0.655. The van der Waals surface area contributed by atoms with Crippen LogP contribution in [0, 0.1) is 17.3 Å². The van der Waals surface area contributed by atoms with E-state index < -0.39 is 11.4 Å². The summed E-state index contributed by atoms with van der Waals surface area (Å²) in [7, 11) is 0. The predicted octanol–water partition coefficient (Wildman–Crippen LogP) is 3.60. The van der Waals surface area contributed by atoms with Gasteiger partial charge in [-0.1, -0.05) is 60.4 Å². The van der Waals surface area contributed by atoms with Crippen LogP contribution >= 0.6 is 0 Å². The predicted molar refractivity (Wildman–Crippen MR) is 94.0 cm³/mol. The maximum Gasteiger partial charge on any atom is 0.321 e. The van der Waals surface area contributed by atoms with E-state index in [1.165, 1.54) is 16.3 Å². The van der Waals surface area contributed by atoms with Crippen LogP contribution in [0.5, 0.6) is 0 Å². The Morgan fingerprint density at radius 1 is 1.22 bits per heavy atom. The second-order valence-electron chi connectivity index (χ2n) is 5.87. The molecule has 0 atom stereocenters. The maximum absolute atomic E-state index is 10.9. The number of hydrogen-bond donors (Lipinski definition) is 2. The molecule has 0 unspecified atom stereocenters. The van der Waals surface area contributed by atoms with E-state index in [1.54, 1.807) is 19.9 Å². The minimum Gasteiger partial charge on any atom is -0.480 e. The van der Waals surface area contributed by atoms with E-state index in [1.807, 2.05) is 18.2 Å². The first-order valence-electron chi connectivity index (χ1n) is 7.59. The van der Waals surface area contributed by atoms with Crippen molar-refractivity contribution in [2.24, 2.45) is 5.41 Å². The standard InChI is InChI=1S/C20H21NO2/c1-20(2,19(22)23)13-6-3-7-14-21-15-17-11-8-10-16-9-4-5-12-18(16)17/h3-5,7-12,21H,14-15H2,1-2H3,(H,22,23). The normalized spacial score (nSPS) is 11.4. The molecular formula is C20H21NO2. The summed E-state index contributed by atoms with van der Waals surface area (Å²) in [6.45, 7) is 4.65. The van der Waals surface area contributed by atoms with Gasteiger partial charge < -0.3 is 10.4 Å². The number of aliphatic carboxylic acids is 1. The summed E-state index contributed by atoms with van der Waals surface area (Å²) >= 11 is 0. The second kappa shape index (κ2) is 7.62. The first kappa shape index (κ1) is 16.8. The van der Waals surface area contributed by atoms with E-state index in [0.717, 1.165) is 6.54 Å². The fourth-order valence-electron chi connectivity index (χ4n) is 2.13. The molecule has 0 bridgehead atoms. The van der Waals surface area contributed by atoms with Crippen molar-refractivity contribution < 1.29 is 9.90 Å². The van der Waals surface area contributed by atoms with Gasteiger partial charge in [0.1, 0.15) is 5.41 Å². The third-order valence-corrected chi connectivity index (χ3v) is 3.58. The highest BCUT2D eigenvalue weighted by Gasteiger charge is 2.23. The monoisotopic (exact) mass is 307 g/mol. The summed E-state index contributed by atoms with van der Waals surface area (Å²) in [6.07, 6.45) is 3.59. The lowest BCUT2D eigenvalue weighted by Gasteiger charge is -2.08. The van der Waals surface area contributed by atoms with Crippen LogP contribution in [0.25, 0.3) is 10.8 Å². The molecule has 0 aliphatic carbocycles. The number of carboxylic acids is 1. The minimum absolute atomic E-state index is 0.686. The summed E-state index contributed by atoms with van der Waals surface area (Å²) in [6, 6.07) is 14.6. The lowest BCUT2D eigenvalue weighted by atomic mass is 9.95. The molecule has 2 N–H and O–H groups in total. The molecule has 0 spiro atoms. The van der Waals surface area contributed by atoms with E-state index in [-0.39, 0.29) is 0 Å². The highest BCUT2D eigenvalue weighted by Crippen LogP contribution is 2.18. The average molecular weight is 307 g/mol. The number of rotatable bonds is 5. The van der Waals surface area contributed by atoms with Crippen LogP contribution in [0.1, 0.15) is 19.4 Å². The molecule has 0 saturated heterocycles. The molecule has 0 heterocycles. The number of carboxylic acid groups (broad SMARTS) is 1. The van der Waals surface area contributed by atoms with Gasteiger partial charge in [-0.15, -0.1) is 0 Å². The van der Waals surface area contributed by atoms with Crippen LogP contribution in [0.2, 0.25) is 0 Å². The molecule has 0 radical (unpaired) electrons. The number of nitrogens with one attached hydrogen (secondary N) is 1. The van der Waals surface area contributed by atoms with Gasteiger partial charge in [0, 0.05) is 13.1 Å². The SMILES string of the molecule is CC(C)(C#CC=CCNCc1cccc2ccccc12)C(=O)O. The summed E-state index contributed by atoms with van der Waals surface area (Å²) in [5, 5.41) is 14.8. The van der Waals surface area contributed by atoms with E-state index in [2.05, 4.69) is 47.5 Å². The summed E-state index contributed by atoms with van der Waals surface area (Å²) in [5.74, 6) is 4.60. The van der Waals surface area contributed by atoms with E-state index in [9.17, 15) is 4.79 Å². The summed E-state index contributed by atoms with van der Waals surface area (Å²) < 4.78 is 0. The van der Waals surface area contributed by atoms with Crippen molar-refractivity contribution in [3.05, 3.63) is 60.2 Å². The molecular weight excluding hydrogens is 286 g/mol. The Labute approximate surface area is 137 Å². The molecule has 2 aromatic carbocycles. The number of hydrogen-bond acceptors (Lipinski definition) is 2. The second-order valence-corrected chi connectivity index (χ2v) is 5.87. The smallest absolute Gasteiger partial charge is 0.321 e. The maximum atomic E-state index is 10.9. The third kappa shape index (κ3) is 4.70. The first-order chi connectivity index (χ1) is 11.0. The van der Waals surface area contributed by atoms with Crippen molar-refractivity contribution in [3.8, 4) is 11.8 Å². The molecule has 0 aliphatic rings. The van der Waals surface area contributed by atoms with Gasteiger partial charge in [-0.25, -0.2) is 0 Å². The van der Waals surface area contributed by atoms with Crippen LogP contribution in [0.15, 0.2) is 54.6 Å². The topological polar surface area (TPSA) is 49.3 Å². The van der Waals surface area contributed by atoms with Gasteiger partial charge in [-0.2, -0.15) is 0 Å². The third-order valence-electron chi connectivity index (χ3n) is 3.58. The largest absolute Gasteiger partial charge is 0.480 e. The van der Waals surface area contributed by atoms with Crippen LogP contribution < -0.4 is 5.32 Å². The molecule has 0 fully saturated rings. The van der Waals surface area contributed by atoms with Gasteiger partial charge in [0.25, 0.3) is 0 Å². The van der Waals surface area contributed by atoms with E-state index >= 15 is 0 Å². The van der Waals surface area contributed by atoms with Gasteiger partial charge in [-0.05, 0) is 36.3 Å². The number of carbonyl (C=O) groups is 1. The molecule has 118 valence electrons. The van der Waals surface area contributed by atoms with Gasteiger partial charge in [0.2, 0.25) is 0 Å². The summed E-state index contributed by atoms with van der Waals surface area (Å²) in [5.41, 5.74) is 0.246. The van der Waals surface area contributed by atoms with Crippen LogP contribution in [0.4, 0.5) is 0 Å². The van der Waals surface area contributed by atoms with E-state index in [0.29, 0.717) is 6.54 Å². The highest BCUT2D eigenvalue weighted by atomic mass is 16.4. The van der Waals surface area contributed by atoms with Crippen molar-refractivity contribution >= 4 is 16.7 Å². The molecule has 2 aromatic rings. The number of allylic oxidation sites excluding steroid dienone is 1. The summed E-state index contributed by atoms with van der Waals surface area (Å²) in [4.78, 5) is 10.9. The molecule has 0 saturated carbocycles. The van der Waals surface area contributed by atoms with Crippen molar-refractivity contribution in [1.82, 2.24) is 5.32 Å². The van der Waals surface area contributed by atoms with Crippen molar-refractivity contribution in [3.63, 3.8) is 0 Å². The van der Waals surface area contributed by atoms with Gasteiger partial charge in [-0.3, -0.25) is 4.79 Å². The lowest BCUT2D eigenvalue weighted by Crippen LogP contribution is -2.21. The Hall–Kier alpha value is -2.57. The minimum atomic E-state index is -1.01. The lowest BCUT2D eigenvalue weighted by molar-refractivity contribution is -0.143. The Morgan fingerprint density at radius 3 is 2.74 bits per heavy atom. The highest BCUT2D eigenvalue weighted by molar-refractivity contribution is 5.85. The zero-order chi connectivity index (χ0) is 16.7. The fourth-order valence-corrected chi connectivity index (χ4v) is 2.13. The molecule has 0 aromatic heterocycles.